The molecule has 1 N–H and O–H groups in total. The van der Waals surface area contributed by atoms with E-state index in [9.17, 15) is 22.8 Å². The van der Waals surface area contributed by atoms with Crippen LogP contribution in [0.15, 0.2) is 34.9 Å². The molecule has 1 aromatic heterocycles. The van der Waals surface area contributed by atoms with E-state index in [0.717, 1.165) is 12.1 Å². The van der Waals surface area contributed by atoms with Crippen LogP contribution in [0.3, 0.4) is 0 Å². The summed E-state index contributed by atoms with van der Waals surface area (Å²) in [5.41, 5.74) is -0.893. The van der Waals surface area contributed by atoms with Crippen molar-refractivity contribution in [3.05, 3.63) is 47.2 Å². The van der Waals surface area contributed by atoms with Gasteiger partial charge in [0.25, 0.3) is 5.91 Å². The average molecular weight is 382 g/mol. The van der Waals surface area contributed by atoms with Crippen molar-refractivity contribution in [1.82, 2.24) is 15.0 Å². The van der Waals surface area contributed by atoms with Crippen molar-refractivity contribution in [3.63, 3.8) is 0 Å². The number of benzene rings is 1. The number of amides is 3. The first-order valence-electron chi connectivity index (χ1n) is 8.20. The number of halogens is 3. The molecule has 0 unspecified atom stereocenters. The minimum Gasteiger partial charge on any atom is -0.360 e. The van der Waals surface area contributed by atoms with Gasteiger partial charge in [0.1, 0.15) is 5.76 Å². The third-order valence-corrected chi connectivity index (χ3v) is 4.15. The quantitative estimate of drug-likeness (QED) is 0.866. The zero-order valence-electron chi connectivity index (χ0n) is 14.4. The summed E-state index contributed by atoms with van der Waals surface area (Å²) in [5, 5.41) is 6.26. The number of carbonyl (C=O) groups is 2. The first kappa shape index (κ1) is 18.7. The Hall–Kier alpha value is -3.04. The largest absolute Gasteiger partial charge is 0.416 e. The Morgan fingerprint density at radius 2 is 1.78 bits per heavy atom. The maximum absolute atomic E-state index is 12.8. The third kappa shape index (κ3) is 4.39. The summed E-state index contributed by atoms with van der Waals surface area (Å²) in [7, 11) is 0. The van der Waals surface area contributed by atoms with Crippen molar-refractivity contribution in [2.24, 2.45) is 0 Å². The summed E-state index contributed by atoms with van der Waals surface area (Å²) in [5.74, 6) is 0.357. The summed E-state index contributed by atoms with van der Waals surface area (Å²) in [6, 6.07) is 5.52. The van der Waals surface area contributed by atoms with Crippen molar-refractivity contribution in [2.45, 2.75) is 13.1 Å². The predicted octanol–water partition coefficient (Wildman–Crippen LogP) is 2.99. The van der Waals surface area contributed by atoms with Crippen LogP contribution in [0.1, 0.15) is 21.7 Å². The number of nitrogens with zero attached hydrogens (tertiary/aromatic N) is 3. The lowest BCUT2D eigenvalue weighted by atomic mass is 10.1. The second kappa shape index (κ2) is 7.29. The molecule has 2 aromatic rings. The van der Waals surface area contributed by atoms with Crippen LogP contribution < -0.4 is 5.32 Å². The Bertz CT molecular complexity index is 842. The van der Waals surface area contributed by atoms with Crippen molar-refractivity contribution in [3.8, 4) is 0 Å². The van der Waals surface area contributed by atoms with Gasteiger partial charge in [-0.15, -0.1) is 0 Å². The lowest BCUT2D eigenvalue weighted by Crippen LogP contribution is -2.51. The molecular formula is C17H17F3N4O3. The molecule has 0 saturated carbocycles. The van der Waals surface area contributed by atoms with Crippen LogP contribution in [0, 0.1) is 6.92 Å². The van der Waals surface area contributed by atoms with Crippen molar-refractivity contribution >= 4 is 17.8 Å². The summed E-state index contributed by atoms with van der Waals surface area (Å²) in [4.78, 5) is 27.6. The molecule has 1 aromatic carbocycles. The van der Waals surface area contributed by atoms with Crippen LogP contribution >= 0.6 is 0 Å². The van der Waals surface area contributed by atoms with E-state index in [1.165, 1.54) is 21.9 Å². The van der Waals surface area contributed by atoms with Crippen LogP contribution in [0.5, 0.6) is 0 Å². The fourth-order valence-corrected chi connectivity index (χ4v) is 2.74. The molecule has 2 heterocycles. The molecule has 10 heteroatoms. The van der Waals surface area contributed by atoms with E-state index < -0.39 is 17.6 Å². The average Bonchev–Trinajstić information content (AvgIpc) is 3.05. The molecule has 0 radical (unpaired) electrons. The van der Waals surface area contributed by atoms with Gasteiger partial charge < -0.3 is 14.3 Å². The van der Waals surface area contributed by atoms with Gasteiger partial charge in [-0.3, -0.25) is 10.1 Å². The summed E-state index contributed by atoms with van der Waals surface area (Å²) in [6.45, 7) is 2.66. The van der Waals surface area contributed by atoms with Crippen LogP contribution in [-0.2, 0) is 6.18 Å². The Kier molecular flexibility index (Phi) is 5.06. The fraction of sp³-hybridized carbons (Fsp3) is 0.353. The zero-order chi connectivity index (χ0) is 19.6. The highest BCUT2D eigenvalue weighted by molar-refractivity contribution is 5.95. The molecule has 27 heavy (non-hydrogen) atoms. The minimum absolute atomic E-state index is 0.0270. The number of rotatable bonds is 2. The first-order valence-corrected chi connectivity index (χ1v) is 8.20. The molecule has 0 atom stereocenters. The second-order valence-corrected chi connectivity index (χ2v) is 6.11. The lowest BCUT2D eigenvalue weighted by Gasteiger charge is -2.34. The van der Waals surface area contributed by atoms with Gasteiger partial charge in [-0.1, -0.05) is 11.2 Å². The topological polar surface area (TPSA) is 78.7 Å². The molecule has 0 bridgehead atoms. The van der Waals surface area contributed by atoms with E-state index in [1.54, 1.807) is 13.0 Å². The van der Waals surface area contributed by atoms with Crippen molar-refractivity contribution < 1.29 is 27.3 Å². The van der Waals surface area contributed by atoms with E-state index in [1.807, 2.05) is 0 Å². The molecule has 144 valence electrons. The van der Waals surface area contributed by atoms with Gasteiger partial charge >= 0.3 is 12.2 Å². The predicted molar refractivity (Wildman–Crippen MR) is 89.2 cm³/mol. The number of hydrogen-bond donors (Lipinski definition) is 1. The highest BCUT2D eigenvalue weighted by Crippen LogP contribution is 2.29. The number of aromatic nitrogens is 1. The smallest absolute Gasteiger partial charge is 0.360 e. The van der Waals surface area contributed by atoms with E-state index in [4.69, 9.17) is 4.52 Å². The molecular weight excluding hydrogens is 365 g/mol. The Balaban J connectivity index is 1.58. The highest BCUT2D eigenvalue weighted by Gasteiger charge is 2.32. The van der Waals surface area contributed by atoms with Gasteiger partial charge in [-0.2, -0.15) is 13.2 Å². The normalized spacial score (nSPS) is 15.0. The van der Waals surface area contributed by atoms with Gasteiger partial charge in [0.15, 0.2) is 5.82 Å². The molecule has 3 rings (SSSR count). The molecule has 0 spiro atoms. The molecule has 3 amide bonds. The maximum atomic E-state index is 12.8. The maximum Gasteiger partial charge on any atom is 0.416 e. The van der Waals surface area contributed by atoms with E-state index in [2.05, 4.69) is 10.5 Å². The SMILES string of the molecule is Cc1cc(NC(=O)N2CCN(C(=O)c3cccc(C(F)(F)F)c3)CC2)no1. The Labute approximate surface area is 152 Å². The molecule has 7 nitrogen and oxygen atoms in total. The zero-order valence-corrected chi connectivity index (χ0v) is 14.4. The van der Waals surface area contributed by atoms with Crippen molar-refractivity contribution in [1.29, 1.82) is 0 Å². The van der Waals surface area contributed by atoms with Crippen LogP contribution in [-0.4, -0.2) is 53.1 Å². The highest BCUT2D eigenvalue weighted by atomic mass is 19.4. The number of hydrogen-bond acceptors (Lipinski definition) is 4. The van der Waals surface area contributed by atoms with Gasteiger partial charge in [0.05, 0.1) is 5.56 Å². The van der Waals surface area contributed by atoms with E-state index in [-0.39, 0.29) is 37.8 Å². The number of carbonyl (C=O) groups excluding carboxylic acids is 2. The number of nitrogens with one attached hydrogen (secondary N) is 1. The van der Waals surface area contributed by atoms with E-state index in [0.29, 0.717) is 11.6 Å². The van der Waals surface area contributed by atoms with Crippen molar-refractivity contribution in [2.75, 3.05) is 31.5 Å². The Morgan fingerprint density at radius 3 is 2.37 bits per heavy atom. The monoisotopic (exact) mass is 382 g/mol. The van der Waals surface area contributed by atoms with Gasteiger partial charge in [-0.25, -0.2) is 4.79 Å². The number of aryl methyl sites for hydroxylation is 1. The number of anilines is 1. The standard InChI is InChI=1S/C17H17F3N4O3/c1-11-9-14(22-27-11)21-16(26)24-7-5-23(6-8-24)15(25)12-3-2-4-13(10-12)17(18,19)20/h2-4,9-10H,5-8H2,1H3,(H,21,22,26). The third-order valence-electron chi connectivity index (χ3n) is 4.15. The molecule has 1 aliphatic heterocycles. The van der Waals surface area contributed by atoms with Gasteiger partial charge in [0.2, 0.25) is 0 Å². The number of urea groups is 1. The summed E-state index contributed by atoms with van der Waals surface area (Å²) >= 11 is 0. The van der Waals surface area contributed by atoms with Crippen LogP contribution in [0.25, 0.3) is 0 Å². The summed E-state index contributed by atoms with van der Waals surface area (Å²) in [6.07, 6.45) is -4.51. The number of alkyl halides is 3. The minimum atomic E-state index is -4.51. The molecule has 1 aliphatic rings. The first-order chi connectivity index (χ1) is 12.7. The van der Waals surface area contributed by atoms with E-state index >= 15 is 0 Å². The number of piperazine rings is 1. The molecule has 1 fully saturated rings. The second-order valence-electron chi connectivity index (χ2n) is 6.11. The molecule has 0 aliphatic carbocycles. The van der Waals surface area contributed by atoms with Crippen LogP contribution in [0.2, 0.25) is 0 Å². The summed E-state index contributed by atoms with van der Waals surface area (Å²) < 4.78 is 43.3. The fourth-order valence-electron chi connectivity index (χ4n) is 2.74. The van der Waals surface area contributed by atoms with Gasteiger partial charge in [-0.05, 0) is 25.1 Å². The van der Waals surface area contributed by atoms with Gasteiger partial charge in [0, 0.05) is 37.8 Å². The molecule has 1 saturated heterocycles. The lowest BCUT2D eigenvalue weighted by molar-refractivity contribution is -0.137. The Morgan fingerprint density at radius 1 is 1.11 bits per heavy atom. The van der Waals surface area contributed by atoms with Crippen LogP contribution in [0.4, 0.5) is 23.8 Å².